The highest BCUT2D eigenvalue weighted by Crippen LogP contribution is 2.25. The van der Waals surface area contributed by atoms with E-state index in [4.69, 9.17) is 0 Å². The van der Waals surface area contributed by atoms with Crippen molar-refractivity contribution < 1.29 is 13.5 Å². The van der Waals surface area contributed by atoms with Crippen LogP contribution in [0, 0.1) is 5.92 Å². The normalized spacial score (nSPS) is 19.9. The van der Waals surface area contributed by atoms with Gasteiger partial charge in [-0.2, -0.15) is 4.31 Å². The Kier molecular flexibility index (Phi) is 5.23. The standard InChI is InChI=1S/C14H20BrNO3S/c1-11(17)13-6-8-16(9-7-13)20(18,19)14-4-2-12(10-15)3-5-14/h2-5,11,13,17H,6-10H2,1H3. The Bertz CT molecular complexity index is 534. The van der Waals surface area contributed by atoms with Gasteiger partial charge in [0.25, 0.3) is 0 Å². The van der Waals surface area contributed by atoms with Crippen LogP contribution in [0.25, 0.3) is 0 Å². The van der Waals surface area contributed by atoms with Gasteiger partial charge in [0, 0.05) is 18.4 Å². The number of aliphatic hydroxyl groups excluding tert-OH is 1. The number of hydrogen-bond acceptors (Lipinski definition) is 3. The molecule has 6 heteroatoms. The zero-order chi connectivity index (χ0) is 14.8. The number of piperidine rings is 1. The molecular formula is C14H20BrNO3S. The van der Waals surface area contributed by atoms with Crippen LogP contribution in [0.3, 0.4) is 0 Å². The first kappa shape index (κ1) is 15.9. The van der Waals surface area contributed by atoms with E-state index in [0.717, 1.165) is 18.4 Å². The van der Waals surface area contributed by atoms with E-state index in [1.165, 1.54) is 4.31 Å². The SMILES string of the molecule is CC(O)C1CCN(S(=O)(=O)c2ccc(CBr)cc2)CC1. The molecule has 1 aliphatic rings. The van der Waals surface area contributed by atoms with Gasteiger partial charge in [-0.15, -0.1) is 0 Å². The number of rotatable bonds is 4. The van der Waals surface area contributed by atoms with Crippen LogP contribution in [0.4, 0.5) is 0 Å². The lowest BCUT2D eigenvalue weighted by Gasteiger charge is -2.32. The molecule has 1 N–H and O–H groups in total. The van der Waals surface area contributed by atoms with Crippen molar-refractivity contribution in [2.24, 2.45) is 5.92 Å². The van der Waals surface area contributed by atoms with Gasteiger partial charge in [0.2, 0.25) is 10.0 Å². The molecule has 1 saturated heterocycles. The molecule has 1 heterocycles. The highest BCUT2D eigenvalue weighted by Gasteiger charge is 2.30. The summed E-state index contributed by atoms with van der Waals surface area (Å²) in [6.07, 6.45) is 1.07. The Morgan fingerprint density at radius 1 is 1.30 bits per heavy atom. The van der Waals surface area contributed by atoms with E-state index in [1.807, 2.05) is 12.1 Å². The number of sulfonamides is 1. The van der Waals surface area contributed by atoms with Crippen LogP contribution in [0.5, 0.6) is 0 Å². The molecule has 1 unspecified atom stereocenters. The lowest BCUT2D eigenvalue weighted by atomic mass is 9.93. The largest absolute Gasteiger partial charge is 0.393 e. The van der Waals surface area contributed by atoms with Crippen molar-refractivity contribution in [2.45, 2.75) is 36.1 Å². The predicted octanol–water partition coefficient (Wildman–Crippen LogP) is 2.36. The molecule has 112 valence electrons. The molecule has 1 aliphatic heterocycles. The Morgan fingerprint density at radius 2 is 1.85 bits per heavy atom. The van der Waals surface area contributed by atoms with Crippen molar-refractivity contribution in [1.82, 2.24) is 4.31 Å². The van der Waals surface area contributed by atoms with E-state index >= 15 is 0 Å². The molecule has 0 radical (unpaired) electrons. The third-order valence-electron chi connectivity index (χ3n) is 3.90. The smallest absolute Gasteiger partial charge is 0.243 e. The molecule has 0 bridgehead atoms. The molecule has 1 atom stereocenters. The summed E-state index contributed by atoms with van der Waals surface area (Å²) in [5, 5.41) is 10.3. The van der Waals surface area contributed by atoms with Gasteiger partial charge in [-0.25, -0.2) is 8.42 Å². The Morgan fingerprint density at radius 3 is 2.30 bits per heavy atom. The van der Waals surface area contributed by atoms with Gasteiger partial charge in [-0.05, 0) is 43.4 Å². The van der Waals surface area contributed by atoms with E-state index in [2.05, 4.69) is 15.9 Å². The summed E-state index contributed by atoms with van der Waals surface area (Å²) in [4.78, 5) is 0.345. The van der Waals surface area contributed by atoms with E-state index in [9.17, 15) is 13.5 Å². The van der Waals surface area contributed by atoms with Crippen molar-refractivity contribution in [3.8, 4) is 0 Å². The van der Waals surface area contributed by atoms with Crippen LogP contribution >= 0.6 is 15.9 Å². The number of nitrogens with zero attached hydrogens (tertiary/aromatic N) is 1. The van der Waals surface area contributed by atoms with Gasteiger partial charge in [0.05, 0.1) is 11.0 Å². The van der Waals surface area contributed by atoms with Crippen LogP contribution in [0.1, 0.15) is 25.3 Å². The molecule has 0 aliphatic carbocycles. The Labute approximate surface area is 129 Å². The molecule has 0 aromatic heterocycles. The first-order chi connectivity index (χ1) is 9.45. The second kappa shape index (κ2) is 6.56. The van der Waals surface area contributed by atoms with Crippen LogP contribution < -0.4 is 0 Å². The summed E-state index contributed by atoms with van der Waals surface area (Å²) in [6, 6.07) is 6.97. The highest BCUT2D eigenvalue weighted by molar-refractivity contribution is 9.08. The van der Waals surface area contributed by atoms with Gasteiger partial charge >= 0.3 is 0 Å². The average Bonchev–Trinajstić information content (AvgIpc) is 2.47. The zero-order valence-electron chi connectivity index (χ0n) is 11.5. The molecule has 2 rings (SSSR count). The van der Waals surface area contributed by atoms with Crippen LogP contribution in [-0.2, 0) is 15.4 Å². The molecule has 1 aromatic rings. The maximum atomic E-state index is 12.5. The summed E-state index contributed by atoms with van der Waals surface area (Å²) < 4.78 is 26.6. The summed E-state index contributed by atoms with van der Waals surface area (Å²) in [5.41, 5.74) is 1.05. The molecule has 0 saturated carbocycles. The average molecular weight is 362 g/mol. The van der Waals surface area contributed by atoms with Gasteiger partial charge < -0.3 is 5.11 Å². The molecular weight excluding hydrogens is 342 g/mol. The van der Waals surface area contributed by atoms with Crippen molar-refractivity contribution >= 4 is 26.0 Å². The first-order valence-corrected chi connectivity index (χ1v) is 9.34. The summed E-state index contributed by atoms with van der Waals surface area (Å²) in [7, 11) is -3.40. The first-order valence-electron chi connectivity index (χ1n) is 6.78. The number of aliphatic hydroxyl groups is 1. The van der Waals surface area contributed by atoms with Gasteiger partial charge in [-0.1, -0.05) is 28.1 Å². The van der Waals surface area contributed by atoms with Crippen molar-refractivity contribution in [3.05, 3.63) is 29.8 Å². The topological polar surface area (TPSA) is 57.6 Å². The minimum atomic E-state index is -3.40. The van der Waals surface area contributed by atoms with Crippen LogP contribution in [0.2, 0.25) is 0 Å². The van der Waals surface area contributed by atoms with Crippen molar-refractivity contribution in [3.63, 3.8) is 0 Å². The number of alkyl halides is 1. The molecule has 0 spiro atoms. The number of benzene rings is 1. The summed E-state index contributed by atoms with van der Waals surface area (Å²) >= 11 is 3.35. The van der Waals surface area contributed by atoms with E-state index < -0.39 is 10.0 Å². The molecule has 1 fully saturated rings. The predicted molar refractivity (Wildman–Crippen MR) is 82.2 cm³/mol. The second-order valence-corrected chi connectivity index (χ2v) is 7.76. The number of hydrogen-bond donors (Lipinski definition) is 1. The van der Waals surface area contributed by atoms with Crippen LogP contribution in [0.15, 0.2) is 29.2 Å². The molecule has 1 aromatic carbocycles. The Balaban J connectivity index is 2.11. The van der Waals surface area contributed by atoms with Crippen molar-refractivity contribution in [2.75, 3.05) is 13.1 Å². The van der Waals surface area contributed by atoms with Gasteiger partial charge in [0.15, 0.2) is 0 Å². The lowest BCUT2D eigenvalue weighted by Crippen LogP contribution is -2.40. The monoisotopic (exact) mass is 361 g/mol. The highest BCUT2D eigenvalue weighted by atomic mass is 79.9. The van der Waals surface area contributed by atoms with E-state index in [1.54, 1.807) is 19.1 Å². The third-order valence-corrected chi connectivity index (χ3v) is 6.46. The lowest BCUT2D eigenvalue weighted by molar-refractivity contribution is 0.0912. The molecule has 0 amide bonds. The maximum Gasteiger partial charge on any atom is 0.243 e. The molecule has 20 heavy (non-hydrogen) atoms. The second-order valence-electron chi connectivity index (χ2n) is 5.26. The Hall–Kier alpha value is -0.430. The quantitative estimate of drug-likeness (QED) is 0.837. The summed E-state index contributed by atoms with van der Waals surface area (Å²) in [5.74, 6) is 0.206. The minimum absolute atomic E-state index is 0.206. The fraction of sp³-hybridized carbons (Fsp3) is 0.571. The summed E-state index contributed by atoms with van der Waals surface area (Å²) in [6.45, 7) is 2.74. The van der Waals surface area contributed by atoms with Gasteiger partial charge in [0.1, 0.15) is 0 Å². The fourth-order valence-electron chi connectivity index (χ4n) is 2.50. The van der Waals surface area contributed by atoms with Crippen LogP contribution in [-0.4, -0.2) is 37.0 Å². The maximum absolute atomic E-state index is 12.5. The minimum Gasteiger partial charge on any atom is -0.393 e. The zero-order valence-corrected chi connectivity index (χ0v) is 13.9. The number of halogens is 1. The van der Waals surface area contributed by atoms with Crippen molar-refractivity contribution in [1.29, 1.82) is 0 Å². The van der Waals surface area contributed by atoms with Gasteiger partial charge in [-0.3, -0.25) is 0 Å². The van der Waals surface area contributed by atoms with E-state index in [0.29, 0.717) is 23.3 Å². The fourth-order valence-corrected chi connectivity index (χ4v) is 4.34. The molecule has 4 nitrogen and oxygen atoms in total. The van der Waals surface area contributed by atoms with E-state index in [-0.39, 0.29) is 12.0 Å². The third kappa shape index (κ3) is 3.42.